The number of ether oxygens (including phenoxy) is 1. The summed E-state index contributed by atoms with van der Waals surface area (Å²) in [6.07, 6.45) is -8.97. The maximum absolute atomic E-state index is 13.0. The molecule has 0 aliphatic heterocycles. The van der Waals surface area contributed by atoms with Crippen LogP contribution in [0.1, 0.15) is 26.8 Å². The van der Waals surface area contributed by atoms with E-state index in [1.165, 1.54) is 6.92 Å². The molecule has 1 aromatic rings. The summed E-state index contributed by atoms with van der Waals surface area (Å²) in [6, 6.07) is 0. The van der Waals surface area contributed by atoms with Crippen molar-refractivity contribution in [2.45, 2.75) is 30.7 Å². The summed E-state index contributed by atoms with van der Waals surface area (Å²) in [5.74, 6) is -1.48. The standard InChI is InChI=1S/C13H8Br2F6N2O2S/c1-4-22-10(12(16,17)18)9(26-4)11(24)23-8-6(14)2-5(3-7(8)15)25-13(19,20)21/h2,7H,3H2,1H3,(H,23,24). The molecule has 144 valence electrons. The molecule has 0 saturated heterocycles. The van der Waals surface area contributed by atoms with Crippen molar-refractivity contribution in [1.82, 2.24) is 10.3 Å². The van der Waals surface area contributed by atoms with Gasteiger partial charge in [0, 0.05) is 16.6 Å². The van der Waals surface area contributed by atoms with Crippen molar-refractivity contribution in [3.8, 4) is 0 Å². The third kappa shape index (κ3) is 5.22. The van der Waals surface area contributed by atoms with Crippen LogP contribution in [0, 0.1) is 6.92 Å². The Morgan fingerprint density at radius 1 is 1.35 bits per heavy atom. The molecule has 0 aromatic carbocycles. The summed E-state index contributed by atoms with van der Waals surface area (Å²) in [4.78, 5) is 14.1. The molecule has 0 bridgehead atoms. The Morgan fingerprint density at radius 3 is 2.46 bits per heavy atom. The van der Waals surface area contributed by atoms with E-state index in [4.69, 9.17) is 0 Å². The number of carbonyl (C=O) groups excluding carboxylic acids is 1. The van der Waals surface area contributed by atoms with Gasteiger partial charge in [-0.1, -0.05) is 15.9 Å². The highest BCUT2D eigenvalue weighted by Gasteiger charge is 2.40. The number of hydrogen-bond donors (Lipinski definition) is 1. The van der Waals surface area contributed by atoms with E-state index in [-0.39, 0.29) is 21.6 Å². The van der Waals surface area contributed by atoms with E-state index in [0.717, 1.165) is 6.08 Å². The van der Waals surface area contributed by atoms with Gasteiger partial charge in [0.1, 0.15) is 10.6 Å². The highest BCUT2D eigenvalue weighted by atomic mass is 79.9. The molecule has 0 radical (unpaired) electrons. The molecule has 1 unspecified atom stereocenters. The van der Waals surface area contributed by atoms with E-state index in [9.17, 15) is 31.1 Å². The van der Waals surface area contributed by atoms with E-state index >= 15 is 0 Å². The molecule has 1 aliphatic rings. The average molecular weight is 530 g/mol. The summed E-state index contributed by atoms with van der Waals surface area (Å²) in [5, 5.41) is 2.33. The van der Waals surface area contributed by atoms with Gasteiger partial charge in [0.25, 0.3) is 5.91 Å². The molecule has 1 aromatic heterocycles. The number of nitrogens with zero attached hydrogens (tertiary/aromatic N) is 1. The lowest BCUT2D eigenvalue weighted by Gasteiger charge is -2.23. The third-order valence-electron chi connectivity index (χ3n) is 2.94. The van der Waals surface area contributed by atoms with Gasteiger partial charge in [0.15, 0.2) is 5.69 Å². The van der Waals surface area contributed by atoms with Crippen LogP contribution in [-0.4, -0.2) is 22.1 Å². The zero-order valence-corrected chi connectivity index (χ0v) is 16.5. The van der Waals surface area contributed by atoms with Crippen molar-refractivity contribution in [2.24, 2.45) is 0 Å². The molecule has 1 amide bonds. The van der Waals surface area contributed by atoms with Crippen LogP contribution in [0.4, 0.5) is 26.3 Å². The molecule has 1 heterocycles. The first-order chi connectivity index (χ1) is 11.8. The second-order valence-electron chi connectivity index (χ2n) is 4.95. The zero-order valence-electron chi connectivity index (χ0n) is 12.6. The smallest absolute Gasteiger partial charge is 0.410 e. The van der Waals surface area contributed by atoms with Gasteiger partial charge in [0.2, 0.25) is 0 Å². The van der Waals surface area contributed by atoms with Crippen molar-refractivity contribution in [3.05, 3.63) is 37.6 Å². The Morgan fingerprint density at radius 2 is 1.96 bits per heavy atom. The number of aromatic nitrogens is 1. The summed E-state index contributed by atoms with van der Waals surface area (Å²) < 4.78 is 79.6. The number of aryl methyl sites for hydroxylation is 1. The van der Waals surface area contributed by atoms with Gasteiger partial charge in [-0.3, -0.25) is 4.79 Å². The van der Waals surface area contributed by atoms with Crippen LogP contribution in [0.3, 0.4) is 0 Å². The number of alkyl halides is 7. The van der Waals surface area contributed by atoms with Crippen LogP contribution in [0.15, 0.2) is 22.0 Å². The van der Waals surface area contributed by atoms with Gasteiger partial charge in [-0.25, -0.2) is 4.98 Å². The predicted molar refractivity (Wildman–Crippen MR) is 87.8 cm³/mol. The maximum atomic E-state index is 13.0. The fourth-order valence-corrected chi connectivity index (χ4v) is 4.47. The Kier molecular flexibility index (Phi) is 6.13. The van der Waals surface area contributed by atoms with Crippen molar-refractivity contribution in [2.75, 3.05) is 0 Å². The number of carbonyl (C=O) groups is 1. The Labute approximate surface area is 163 Å². The Balaban J connectivity index is 2.28. The molecular formula is C13H8Br2F6N2O2S. The minimum absolute atomic E-state index is 0.0352. The number of nitrogens with one attached hydrogen (secondary N) is 1. The maximum Gasteiger partial charge on any atom is 0.572 e. The molecule has 4 nitrogen and oxygen atoms in total. The lowest BCUT2D eigenvalue weighted by molar-refractivity contribution is -0.306. The lowest BCUT2D eigenvalue weighted by Crippen LogP contribution is -2.31. The molecule has 1 N–H and O–H groups in total. The van der Waals surface area contributed by atoms with E-state index in [0.29, 0.717) is 11.3 Å². The molecule has 13 heteroatoms. The van der Waals surface area contributed by atoms with Crippen LogP contribution in [0.5, 0.6) is 0 Å². The molecule has 1 aliphatic carbocycles. The zero-order chi connectivity index (χ0) is 19.9. The number of hydrogen-bond acceptors (Lipinski definition) is 4. The molecular weight excluding hydrogens is 522 g/mol. The van der Waals surface area contributed by atoms with Crippen LogP contribution >= 0.6 is 43.2 Å². The van der Waals surface area contributed by atoms with E-state index in [2.05, 4.69) is 46.9 Å². The minimum atomic E-state index is -4.88. The van der Waals surface area contributed by atoms with Crippen LogP contribution in [0.25, 0.3) is 0 Å². The minimum Gasteiger partial charge on any atom is -0.410 e. The van der Waals surface area contributed by atoms with Crippen LogP contribution in [-0.2, 0) is 10.9 Å². The molecule has 2 rings (SSSR count). The monoisotopic (exact) mass is 528 g/mol. The fourth-order valence-electron chi connectivity index (χ4n) is 2.02. The van der Waals surface area contributed by atoms with Crippen LogP contribution in [0.2, 0.25) is 0 Å². The highest BCUT2D eigenvalue weighted by Crippen LogP contribution is 2.37. The number of thiazole rings is 1. The second-order valence-corrected chi connectivity index (χ2v) is 8.12. The number of allylic oxidation sites excluding steroid dienone is 4. The molecule has 1 atom stereocenters. The fraction of sp³-hybridized carbons (Fsp3) is 0.385. The first-order valence-electron chi connectivity index (χ1n) is 6.64. The number of rotatable bonds is 3. The summed E-state index contributed by atoms with van der Waals surface area (Å²) in [7, 11) is 0. The van der Waals surface area contributed by atoms with Gasteiger partial charge in [-0.05, 0) is 28.9 Å². The van der Waals surface area contributed by atoms with Gasteiger partial charge >= 0.3 is 12.5 Å². The average Bonchev–Trinajstić information content (AvgIpc) is 2.83. The van der Waals surface area contributed by atoms with Crippen molar-refractivity contribution in [3.63, 3.8) is 0 Å². The normalized spacial score (nSPS) is 18.7. The molecule has 26 heavy (non-hydrogen) atoms. The van der Waals surface area contributed by atoms with E-state index < -0.39 is 39.6 Å². The number of amides is 1. The topological polar surface area (TPSA) is 51.2 Å². The van der Waals surface area contributed by atoms with Gasteiger partial charge in [-0.15, -0.1) is 24.5 Å². The first kappa shape index (κ1) is 21.2. The molecule has 0 fully saturated rings. The summed E-state index contributed by atoms with van der Waals surface area (Å²) >= 11 is 6.63. The van der Waals surface area contributed by atoms with E-state index in [1.54, 1.807) is 0 Å². The van der Waals surface area contributed by atoms with Crippen molar-refractivity contribution >= 4 is 49.1 Å². The lowest BCUT2D eigenvalue weighted by atomic mass is 10.1. The van der Waals surface area contributed by atoms with Crippen molar-refractivity contribution in [1.29, 1.82) is 0 Å². The quantitative estimate of drug-likeness (QED) is 0.422. The van der Waals surface area contributed by atoms with Gasteiger partial charge in [-0.2, -0.15) is 13.2 Å². The number of halogens is 8. The molecule has 0 spiro atoms. The SMILES string of the molecule is Cc1nc(C(F)(F)F)c(C(=O)NC2=C(Br)C=C(OC(F)(F)F)CC2Br)s1. The van der Waals surface area contributed by atoms with E-state index in [1.807, 2.05) is 0 Å². The van der Waals surface area contributed by atoms with Gasteiger partial charge < -0.3 is 10.1 Å². The second kappa shape index (κ2) is 7.50. The van der Waals surface area contributed by atoms with Crippen molar-refractivity contribution < 1.29 is 35.9 Å². The summed E-state index contributed by atoms with van der Waals surface area (Å²) in [6.45, 7) is 1.32. The predicted octanol–water partition coefficient (Wildman–Crippen LogP) is 5.39. The Hall–Kier alpha value is -1.08. The van der Waals surface area contributed by atoms with Crippen LogP contribution < -0.4 is 5.32 Å². The first-order valence-corrected chi connectivity index (χ1v) is 9.16. The largest absolute Gasteiger partial charge is 0.572 e. The Bertz CT molecular complexity index is 785. The highest BCUT2D eigenvalue weighted by molar-refractivity contribution is 9.12. The molecule has 0 saturated carbocycles. The summed E-state index contributed by atoms with van der Waals surface area (Å²) in [5.41, 5.74) is -1.24. The third-order valence-corrected chi connectivity index (χ3v) is 5.35. The van der Waals surface area contributed by atoms with Gasteiger partial charge in [0.05, 0.1) is 9.83 Å².